The van der Waals surface area contributed by atoms with Gasteiger partial charge in [0.05, 0.1) is 11.6 Å². The van der Waals surface area contributed by atoms with Crippen molar-refractivity contribution >= 4 is 0 Å². The molecule has 0 aliphatic heterocycles. The zero-order valence-corrected chi connectivity index (χ0v) is 10.3. The fourth-order valence-electron chi connectivity index (χ4n) is 1.26. The van der Waals surface area contributed by atoms with E-state index in [4.69, 9.17) is 9.15 Å². The molecule has 1 rings (SSSR count). The number of nitrogens with one attached hydrogen (secondary N) is 1. The van der Waals surface area contributed by atoms with Gasteiger partial charge < -0.3 is 14.5 Å². The summed E-state index contributed by atoms with van der Waals surface area (Å²) in [5.41, 5.74) is -0.143. The van der Waals surface area contributed by atoms with Crippen LogP contribution in [0.25, 0.3) is 0 Å². The van der Waals surface area contributed by atoms with E-state index in [0.717, 1.165) is 18.1 Å². The Balaban J connectivity index is 2.46. The molecule has 1 N–H and O–H groups in total. The Hall–Kier alpha value is -0.800. The first kappa shape index (κ1) is 12.3. The van der Waals surface area contributed by atoms with Gasteiger partial charge in [0, 0.05) is 13.7 Å². The summed E-state index contributed by atoms with van der Waals surface area (Å²) in [4.78, 5) is 0. The highest BCUT2D eigenvalue weighted by molar-refractivity contribution is 5.08. The number of methoxy groups -OCH3 is 1. The second-order valence-corrected chi connectivity index (χ2v) is 4.51. The topological polar surface area (TPSA) is 34.4 Å². The van der Waals surface area contributed by atoms with Gasteiger partial charge >= 0.3 is 0 Å². The molecule has 0 radical (unpaired) electrons. The zero-order valence-electron chi connectivity index (χ0n) is 10.3. The molecule has 0 aliphatic carbocycles. The summed E-state index contributed by atoms with van der Waals surface area (Å²) in [6.07, 6.45) is 0. The average molecular weight is 211 g/mol. The molecule has 1 heterocycles. The summed E-state index contributed by atoms with van der Waals surface area (Å²) >= 11 is 0. The minimum absolute atomic E-state index is 0.143. The lowest BCUT2D eigenvalue weighted by Crippen LogP contribution is -2.37. The van der Waals surface area contributed by atoms with E-state index in [1.165, 1.54) is 0 Å². The molecule has 3 nitrogen and oxygen atoms in total. The lowest BCUT2D eigenvalue weighted by molar-refractivity contribution is 0.0209. The van der Waals surface area contributed by atoms with E-state index in [1.54, 1.807) is 7.11 Å². The van der Waals surface area contributed by atoms with Crippen molar-refractivity contribution in [1.82, 2.24) is 5.32 Å². The molecule has 0 aromatic carbocycles. The van der Waals surface area contributed by atoms with Crippen molar-refractivity contribution in [2.75, 3.05) is 13.7 Å². The van der Waals surface area contributed by atoms with Crippen LogP contribution in [0.15, 0.2) is 16.5 Å². The van der Waals surface area contributed by atoms with Crippen LogP contribution in [0.2, 0.25) is 0 Å². The van der Waals surface area contributed by atoms with Crippen molar-refractivity contribution in [2.45, 2.75) is 39.3 Å². The molecule has 0 amide bonds. The molecule has 1 unspecified atom stereocenters. The molecule has 0 aliphatic rings. The van der Waals surface area contributed by atoms with Crippen molar-refractivity contribution in [1.29, 1.82) is 0 Å². The number of hydrogen-bond donors (Lipinski definition) is 1. The van der Waals surface area contributed by atoms with E-state index in [9.17, 15) is 0 Å². The molecule has 0 saturated carbocycles. The average Bonchev–Trinajstić information content (AvgIpc) is 2.61. The minimum Gasteiger partial charge on any atom is -0.465 e. The molecule has 86 valence electrons. The molecule has 0 bridgehead atoms. The first-order valence-corrected chi connectivity index (χ1v) is 5.29. The third kappa shape index (κ3) is 3.68. The normalized spacial score (nSPS) is 14.2. The molecule has 0 saturated heterocycles. The highest BCUT2D eigenvalue weighted by atomic mass is 16.5. The lowest BCUT2D eigenvalue weighted by atomic mass is 10.1. The predicted octanol–water partition coefficient (Wildman–Crippen LogP) is 2.66. The molecule has 1 aromatic rings. The Morgan fingerprint density at radius 2 is 2.13 bits per heavy atom. The predicted molar refractivity (Wildman–Crippen MR) is 61.0 cm³/mol. The number of rotatable bonds is 5. The molecule has 3 heteroatoms. The fourth-order valence-corrected chi connectivity index (χ4v) is 1.26. The highest BCUT2D eigenvalue weighted by Crippen LogP contribution is 2.16. The Bertz CT molecular complexity index is 304. The molecule has 0 fully saturated rings. The molecule has 0 spiro atoms. The second-order valence-electron chi connectivity index (χ2n) is 4.51. The molecular weight excluding hydrogens is 190 g/mol. The minimum atomic E-state index is -0.143. The number of ether oxygens (including phenoxy) is 1. The van der Waals surface area contributed by atoms with E-state index in [2.05, 4.69) is 26.1 Å². The summed E-state index contributed by atoms with van der Waals surface area (Å²) in [6.45, 7) is 8.95. The Kier molecular flexibility index (Phi) is 3.94. The van der Waals surface area contributed by atoms with Crippen LogP contribution in [-0.2, 0) is 4.74 Å². The standard InChI is InChI=1S/C12H21NO2/c1-9-6-7-11(15-9)10(2)13-8-12(3,4)14-5/h6-7,10,13H,8H2,1-5H3. The lowest BCUT2D eigenvalue weighted by Gasteiger charge is -2.25. The van der Waals surface area contributed by atoms with Gasteiger partial charge in [-0.2, -0.15) is 0 Å². The quantitative estimate of drug-likeness (QED) is 0.813. The van der Waals surface area contributed by atoms with Crippen LogP contribution in [0.1, 0.15) is 38.3 Å². The third-order valence-corrected chi connectivity index (χ3v) is 2.57. The van der Waals surface area contributed by atoms with Gasteiger partial charge in [0.1, 0.15) is 11.5 Å². The van der Waals surface area contributed by atoms with Crippen LogP contribution in [0.5, 0.6) is 0 Å². The van der Waals surface area contributed by atoms with Gasteiger partial charge in [-0.1, -0.05) is 0 Å². The van der Waals surface area contributed by atoms with Crippen molar-refractivity contribution in [3.63, 3.8) is 0 Å². The number of furan rings is 1. The van der Waals surface area contributed by atoms with Gasteiger partial charge in [-0.3, -0.25) is 0 Å². The van der Waals surface area contributed by atoms with E-state index in [-0.39, 0.29) is 11.6 Å². The molecule has 1 aromatic heterocycles. The van der Waals surface area contributed by atoms with Gasteiger partial charge in [0.25, 0.3) is 0 Å². The van der Waals surface area contributed by atoms with Crippen LogP contribution in [0.4, 0.5) is 0 Å². The van der Waals surface area contributed by atoms with Crippen LogP contribution in [0.3, 0.4) is 0 Å². The van der Waals surface area contributed by atoms with Crippen LogP contribution in [0, 0.1) is 6.92 Å². The molecular formula is C12H21NO2. The molecule has 1 atom stereocenters. The van der Waals surface area contributed by atoms with Gasteiger partial charge in [-0.05, 0) is 39.8 Å². The van der Waals surface area contributed by atoms with E-state index < -0.39 is 0 Å². The first-order valence-electron chi connectivity index (χ1n) is 5.29. The van der Waals surface area contributed by atoms with Crippen molar-refractivity contribution in [3.05, 3.63) is 23.7 Å². The van der Waals surface area contributed by atoms with Crippen molar-refractivity contribution in [2.24, 2.45) is 0 Å². The Morgan fingerprint density at radius 1 is 1.47 bits per heavy atom. The largest absolute Gasteiger partial charge is 0.465 e. The van der Waals surface area contributed by atoms with E-state index in [0.29, 0.717) is 0 Å². The van der Waals surface area contributed by atoms with Crippen LogP contribution in [-0.4, -0.2) is 19.3 Å². The second kappa shape index (κ2) is 4.81. The fraction of sp³-hybridized carbons (Fsp3) is 0.667. The van der Waals surface area contributed by atoms with Crippen molar-refractivity contribution < 1.29 is 9.15 Å². The SMILES string of the molecule is COC(C)(C)CNC(C)c1ccc(C)o1. The summed E-state index contributed by atoms with van der Waals surface area (Å²) in [5, 5.41) is 3.38. The zero-order chi connectivity index (χ0) is 11.5. The summed E-state index contributed by atoms with van der Waals surface area (Å²) in [6, 6.07) is 4.20. The summed E-state index contributed by atoms with van der Waals surface area (Å²) in [7, 11) is 1.73. The number of hydrogen-bond acceptors (Lipinski definition) is 3. The highest BCUT2D eigenvalue weighted by Gasteiger charge is 2.18. The first-order chi connectivity index (χ1) is 6.94. The van der Waals surface area contributed by atoms with E-state index >= 15 is 0 Å². The maximum atomic E-state index is 5.54. The maximum absolute atomic E-state index is 5.54. The van der Waals surface area contributed by atoms with Crippen LogP contribution < -0.4 is 5.32 Å². The smallest absolute Gasteiger partial charge is 0.120 e. The summed E-state index contributed by atoms with van der Waals surface area (Å²) < 4.78 is 10.9. The number of aryl methyl sites for hydroxylation is 1. The van der Waals surface area contributed by atoms with Gasteiger partial charge in [0.2, 0.25) is 0 Å². The van der Waals surface area contributed by atoms with E-state index in [1.807, 2.05) is 19.1 Å². The van der Waals surface area contributed by atoms with Gasteiger partial charge in [-0.25, -0.2) is 0 Å². The monoisotopic (exact) mass is 211 g/mol. The maximum Gasteiger partial charge on any atom is 0.120 e. The van der Waals surface area contributed by atoms with Crippen LogP contribution >= 0.6 is 0 Å². The van der Waals surface area contributed by atoms with Crippen molar-refractivity contribution in [3.8, 4) is 0 Å². The Labute approximate surface area is 91.8 Å². The Morgan fingerprint density at radius 3 is 2.60 bits per heavy atom. The van der Waals surface area contributed by atoms with Gasteiger partial charge in [-0.15, -0.1) is 0 Å². The summed E-state index contributed by atoms with van der Waals surface area (Å²) in [5.74, 6) is 1.92. The van der Waals surface area contributed by atoms with Gasteiger partial charge in [0.15, 0.2) is 0 Å². The molecule has 15 heavy (non-hydrogen) atoms. The third-order valence-electron chi connectivity index (χ3n) is 2.57.